The summed E-state index contributed by atoms with van der Waals surface area (Å²) in [6, 6.07) is 5.89. The quantitative estimate of drug-likeness (QED) is 0.440. The Bertz CT molecular complexity index is 288. The molecular weight excluding hydrogens is 220 g/mol. The molecule has 0 atom stereocenters. The third-order valence-electron chi connectivity index (χ3n) is 1.26. The molecule has 0 amide bonds. The van der Waals surface area contributed by atoms with E-state index in [1.807, 2.05) is 0 Å². The van der Waals surface area contributed by atoms with Crippen molar-refractivity contribution in [3.05, 3.63) is 34.4 Å². The van der Waals surface area contributed by atoms with E-state index in [0.29, 0.717) is 0 Å². The van der Waals surface area contributed by atoms with Crippen LogP contribution in [0.4, 0.5) is 5.69 Å². The minimum absolute atomic E-state index is 0.0453. The Balaban J connectivity index is 2.93. The van der Waals surface area contributed by atoms with Gasteiger partial charge in [0, 0.05) is 17.4 Å². The molecule has 3 nitrogen and oxygen atoms in total. The minimum atomic E-state index is -1.21. The molecule has 0 unspecified atom stereocenters. The van der Waals surface area contributed by atoms with Gasteiger partial charge in [0.05, 0.1) is 4.92 Å². The third-order valence-corrected chi connectivity index (χ3v) is 3.12. The summed E-state index contributed by atoms with van der Waals surface area (Å²) in [7, 11) is 0. The second kappa shape index (κ2) is 4.04. The van der Waals surface area contributed by atoms with E-state index in [0.717, 1.165) is 5.30 Å². The molecule has 6 heteroatoms. The van der Waals surface area contributed by atoms with Gasteiger partial charge in [0.2, 0.25) is 0 Å². The van der Waals surface area contributed by atoms with Crippen LogP contribution in [0.5, 0.6) is 0 Å². The topological polar surface area (TPSA) is 43.1 Å². The van der Waals surface area contributed by atoms with Crippen LogP contribution in [0.25, 0.3) is 0 Å². The van der Waals surface area contributed by atoms with Crippen molar-refractivity contribution in [2.45, 2.75) is 0 Å². The van der Waals surface area contributed by atoms with Crippen molar-refractivity contribution in [1.29, 1.82) is 0 Å². The van der Waals surface area contributed by atoms with Gasteiger partial charge in [-0.1, -0.05) is 22.5 Å². The third kappa shape index (κ3) is 2.31. The lowest BCUT2D eigenvalue weighted by Gasteiger charge is -1.98. The van der Waals surface area contributed by atoms with Crippen LogP contribution >= 0.6 is 29.1 Å². The van der Waals surface area contributed by atoms with Gasteiger partial charge in [-0.2, -0.15) is 0 Å². The Hall–Kier alpha value is -0.370. The number of non-ortho nitro benzene ring substituents is 1. The second-order valence-electron chi connectivity index (χ2n) is 2.01. The summed E-state index contributed by atoms with van der Waals surface area (Å²) in [5.41, 5.74) is 0.0453. The van der Waals surface area contributed by atoms with Gasteiger partial charge in [-0.25, -0.2) is 0 Å². The van der Waals surface area contributed by atoms with E-state index in [1.165, 1.54) is 12.1 Å². The fourth-order valence-corrected chi connectivity index (χ4v) is 1.74. The summed E-state index contributed by atoms with van der Waals surface area (Å²) in [5, 5.41) is 10.9. The van der Waals surface area contributed by atoms with Crippen LogP contribution in [0, 0.1) is 10.1 Å². The molecule has 1 rings (SSSR count). The molecule has 0 saturated carbocycles. The van der Waals surface area contributed by atoms with Crippen LogP contribution < -0.4 is 5.30 Å². The Kier molecular flexibility index (Phi) is 3.27. The predicted octanol–water partition coefficient (Wildman–Crippen LogP) is 3.01. The Morgan fingerprint density at radius 1 is 1.25 bits per heavy atom. The summed E-state index contributed by atoms with van der Waals surface area (Å²) >= 11 is 11.2. The first-order chi connectivity index (χ1) is 5.61. The molecule has 1 aromatic rings. The van der Waals surface area contributed by atoms with Gasteiger partial charge >= 0.3 is 0 Å². The molecule has 0 heterocycles. The highest BCUT2D eigenvalue weighted by molar-refractivity contribution is 8.08. The zero-order valence-electron chi connectivity index (χ0n) is 5.78. The zero-order chi connectivity index (χ0) is 9.14. The molecule has 0 radical (unpaired) electrons. The van der Waals surface area contributed by atoms with Gasteiger partial charge in [0.25, 0.3) is 5.69 Å². The Morgan fingerprint density at radius 2 is 1.75 bits per heavy atom. The maximum absolute atomic E-state index is 10.2. The van der Waals surface area contributed by atoms with Crippen LogP contribution in [0.2, 0.25) is 0 Å². The number of benzene rings is 1. The molecule has 0 aliphatic carbocycles. The van der Waals surface area contributed by atoms with Gasteiger partial charge in [-0.3, -0.25) is 10.1 Å². The van der Waals surface area contributed by atoms with Crippen molar-refractivity contribution in [2.24, 2.45) is 0 Å². The van der Waals surface area contributed by atoms with Crippen molar-refractivity contribution in [1.82, 2.24) is 0 Å². The highest BCUT2D eigenvalue weighted by Crippen LogP contribution is 2.45. The number of rotatable bonds is 2. The molecule has 1 aromatic carbocycles. The van der Waals surface area contributed by atoms with Crippen molar-refractivity contribution >= 4 is 40.1 Å². The number of halogens is 2. The molecule has 0 aliphatic rings. The van der Waals surface area contributed by atoms with Crippen molar-refractivity contribution in [3.63, 3.8) is 0 Å². The summed E-state index contributed by atoms with van der Waals surface area (Å²) in [6.45, 7) is -1.21. The van der Waals surface area contributed by atoms with E-state index in [-0.39, 0.29) is 5.69 Å². The fraction of sp³-hybridized carbons (Fsp3) is 0. The van der Waals surface area contributed by atoms with Crippen molar-refractivity contribution < 1.29 is 4.92 Å². The van der Waals surface area contributed by atoms with Crippen LogP contribution in [0.1, 0.15) is 0 Å². The predicted molar refractivity (Wildman–Crippen MR) is 51.4 cm³/mol. The van der Waals surface area contributed by atoms with Crippen LogP contribution in [-0.2, 0) is 0 Å². The summed E-state index contributed by atoms with van der Waals surface area (Å²) < 4.78 is 0. The lowest BCUT2D eigenvalue weighted by molar-refractivity contribution is -0.384. The zero-order valence-corrected chi connectivity index (χ0v) is 8.18. The van der Waals surface area contributed by atoms with E-state index in [4.69, 9.17) is 22.5 Å². The molecule has 0 aliphatic heterocycles. The van der Waals surface area contributed by atoms with Gasteiger partial charge in [0.15, 0.2) is 0 Å². The van der Waals surface area contributed by atoms with Crippen LogP contribution in [-0.4, -0.2) is 4.92 Å². The normalized spacial score (nSPS) is 10.2. The highest BCUT2D eigenvalue weighted by Gasteiger charge is 2.07. The SMILES string of the molecule is O=[N+]([O-])c1ccc(P(Cl)Cl)cc1. The first-order valence-corrected chi connectivity index (χ1v) is 6.12. The average molecular weight is 224 g/mol. The Labute approximate surface area is 79.8 Å². The van der Waals surface area contributed by atoms with Gasteiger partial charge in [-0.05, 0) is 12.1 Å². The molecule has 0 aromatic heterocycles. The second-order valence-corrected chi connectivity index (χ2v) is 5.54. The lowest BCUT2D eigenvalue weighted by atomic mass is 10.3. The first kappa shape index (κ1) is 9.72. The van der Waals surface area contributed by atoms with Gasteiger partial charge < -0.3 is 0 Å². The summed E-state index contributed by atoms with van der Waals surface area (Å²) in [6.07, 6.45) is 0. The maximum Gasteiger partial charge on any atom is 0.269 e. The van der Waals surface area contributed by atoms with Gasteiger partial charge in [0.1, 0.15) is 6.63 Å². The number of hydrogen-bond donors (Lipinski definition) is 0. The summed E-state index contributed by atoms with van der Waals surface area (Å²) in [5.74, 6) is 0. The van der Waals surface area contributed by atoms with E-state index >= 15 is 0 Å². The van der Waals surface area contributed by atoms with Crippen molar-refractivity contribution in [2.75, 3.05) is 0 Å². The Morgan fingerprint density at radius 3 is 2.08 bits per heavy atom. The molecule has 0 N–H and O–H groups in total. The smallest absolute Gasteiger partial charge is 0.258 e. The lowest BCUT2D eigenvalue weighted by Crippen LogP contribution is -1.95. The van der Waals surface area contributed by atoms with E-state index < -0.39 is 11.6 Å². The molecular formula is C6H4Cl2NO2P. The fourth-order valence-electron chi connectivity index (χ4n) is 0.687. The number of nitro groups is 1. The van der Waals surface area contributed by atoms with Crippen LogP contribution in [0.15, 0.2) is 24.3 Å². The minimum Gasteiger partial charge on any atom is -0.258 e. The monoisotopic (exact) mass is 223 g/mol. The molecule has 64 valence electrons. The van der Waals surface area contributed by atoms with E-state index in [2.05, 4.69) is 0 Å². The van der Waals surface area contributed by atoms with E-state index in [1.54, 1.807) is 12.1 Å². The van der Waals surface area contributed by atoms with Crippen LogP contribution in [0.3, 0.4) is 0 Å². The van der Waals surface area contributed by atoms with E-state index in [9.17, 15) is 10.1 Å². The largest absolute Gasteiger partial charge is 0.269 e. The first-order valence-electron chi connectivity index (χ1n) is 2.97. The molecule has 12 heavy (non-hydrogen) atoms. The number of nitrogens with zero attached hydrogens (tertiary/aromatic N) is 1. The number of nitro benzene ring substituents is 1. The van der Waals surface area contributed by atoms with Crippen molar-refractivity contribution in [3.8, 4) is 0 Å². The molecule has 0 bridgehead atoms. The van der Waals surface area contributed by atoms with Gasteiger partial charge in [-0.15, -0.1) is 0 Å². The maximum atomic E-state index is 10.2. The number of hydrogen-bond acceptors (Lipinski definition) is 2. The molecule has 0 spiro atoms. The summed E-state index contributed by atoms with van der Waals surface area (Å²) in [4.78, 5) is 9.76. The molecule has 0 saturated heterocycles. The molecule has 0 fully saturated rings. The highest BCUT2D eigenvalue weighted by atomic mass is 35.9. The average Bonchev–Trinajstić information content (AvgIpc) is 2.04. The standard InChI is InChI=1S/C6H4Cl2NO2P/c7-12(8)6-3-1-5(2-4-6)9(10)11/h1-4H.